The summed E-state index contributed by atoms with van der Waals surface area (Å²) < 4.78 is 0. The average Bonchev–Trinajstić information content (AvgIpc) is 2.59. The highest BCUT2D eigenvalue weighted by Gasteiger charge is 1.95. The third kappa shape index (κ3) is 1.68. The van der Waals surface area contributed by atoms with Crippen LogP contribution in [0.4, 0.5) is 0 Å². The van der Waals surface area contributed by atoms with Crippen molar-refractivity contribution in [2.75, 3.05) is 0 Å². The molecule has 2 aromatic rings. The van der Waals surface area contributed by atoms with Crippen LogP contribution in [0.15, 0.2) is 36.2 Å². The van der Waals surface area contributed by atoms with Gasteiger partial charge in [-0.1, -0.05) is 6.07 Å². The lowest BCUT2D eigenvalue weighted by molar-refractivity contribution is 1.08. The van der Waals surface area contributed by atoms with Crippen molar-refractivity contribution < 1.29 is 0 Å². The molecule has 2 aromatic heterocycles. The lowest BCUT2D eigenvalue weighted by Gasteiger charge is -1.94. The van der Waals surface area contributed by atoms with Gasteiger partial charge in [-0.2, -0.15) is 0 Å². The van der Waals surface area contributed by atoms with Crippen molar-refractivity contribution >= 4 is 11.3 Å². The number of hydrogen-bond acceptors (Lipinski definition) is 3. The SMILES string of the molecule is c1csc(Cc2cncnc2)c1. The standard InChI is InChI=1S/C9H8N2S/c1-2-9(12-3-1)4-8-5-10-7-11-6-8/h1-3,5-7H,4H2. The lowest BCUT2D eigenvalue weighted by atomic mass is 10.2. The van der Waals surface area contributed by atoms with Gasteiger partial charge >= 0.3 is 0 Å². The Morgan fingerprint density at radius 2 is 2.08 bits per heavy atom. The Balaban J connectivity index is 2.15. The Kier molecular flexibility index (Phi) is 2.14. The van der Waals surface area contributed by atoms with E-state index in [1.54, 1.807) is 17.7 Å². The van der Waals surface area contributed by atoms with Gasteiger partial charge < -0.3 is 0 Å². The second-order valence-corrected chi connectivity index (χ2v) is 3.54. The van der Waals surface area contributed by atoms with Crippen molar-refractivity contribution in [2.24, 2.45) is 0 Å². The number of thiophene rings is 1. The van der Waals surface area contributed by atoms with Crippen LogP contribution in [-0.4, -0.2) is 9.97 Å². The topological polar surface area (TPSA) is 25.8 Å². The fourth-order valence-corrected chi connectivity index (χ4v) is 1.77. The van der Waals surface area contributed by atoms with E-state index < -0.39 is 0 Å². The minimum absolute atomic E-state index is 0.943. The molecule has 0 unspecified atom stereocenters. The second-order valence-electron chi connectivity index (χ2n) is 2.50. The van der Waals surface area contributed by atoms with Crippen LogP contribution in [0.2, 0.25) is 0 Å². The first-order chi connectivity index (χ1) is 5.95. The van der Waals surface area contributed by atoms with Crippen LogP contribution in [0, 0.1) is 0 Å². The van der Waals surface area contributed by atoms with Crippen molar-refractivity contribution in [1.82, 2.24) is 9.97 Å². The maximum atomic E-state index is 3.96. The molecule has 0 saturated heterocycles. The molecule has 2 rings (SSSR count). The van der Waals surface area contributed by atoms with E-state index in [2.05, 4.69) is 27.5 Å². The van der Waals surface area contributed by atoms with Gasteiger partial charge in [0, 0.05) is 23.7 Å². The van der Waals surface area contributed by atoms with Crippen LogP contribution in [0.25, 0.3) is 0 Å². The Labute approximate surface area is 74.9 Å². The molecule has 2 nitrogen and oxygen atoms in total. The fraction of sp³-hybridized carbons (Fsp3) is 0.111. The first kappa shape index (κ1) is 7.43. The van der Waals surface area contributed by atoms with Crippen LogP contribution in [-0.2, 0) is 6.42 Å². The minimum Gasteiger partial charge on any atom is -0.245 e. The van der Waals surface area contributed by atoms with Crippen molar-refractivity contribution in [3.8, 4) is 0 Å². The Morgan fingerprint density at radius 3 is 2.75 bits per heavy atom. The third-order valence-corrected chi connectivity index (χ3v) is 2.45. The molecule has 0 aliphatic heterocycles. The van der Waals surface area contributed by atoms with Gasteiger partial charge in [0.1, 0.15) is 6.33 Å². The zero-order chi connectivity index (χ0) is 8.23. The van der Waals surface area contributed by atoms with Crippen molar-refractivity contribution in [1.29, 1.82) is 0 Å². The minimum atomic E-state index is 0.943. The zero-order valence-corrected chi connectivity index (χ0v) is 7.29. The maximum Gasteiger partial charge on any atom is 0.115 e. The van der Waals surface area contributed by atoms with Crippen LogP contribution >= 0.6 is 11.3 Å². The molecule has 0 aromatic carbocycles. The summed E-state index contributed by atoms with van der Waals surface area (Å²) in [7, 11) is 0. The van der Waals surface area contributed by atoms with E-state index in [4.69, 9.17) is 0 Å². The van der Waals surface area contributed by atoms with E-state index in [1.807, 2.05) is 12.4 Å². The highest BCUT2D eigenvalue weighted by molar-refractivity contribution is 7.09. The number of rotatable bonds is 2. The summed E-state index contributed by atoms with van der Waals surface area (Å²) in [5, 5.41) is 2.08. The van der Waals surface area contributed by atoms with Crippen molar-refractivity contribution in [2.45, 2.75) is 6.42 Å². The molecule has 0 bridgehead atoms. The summed E-state index contributed by atoms with van der Waals surface area (Å²) in [6, 6.07) is 4.18. The van der Waals surface area contributed by atoms with Gasteiger partial charge in [-0.25, -0.2) is 9.97 Å². The van der Waals surface area contributed by atoms with E-state index in [1.165, 1.54) is 10.4 Å². The first-order valence-corrected chi connectivity index (χ1v) is 4.59. The summed E-state index contributed by atoms with van der Waals surface area (Å²) in [4.78, 5) is 9.27. The van der Waals surface area contributed by atoms with E-state index in [9.17, 15) is 0 Å². The monoisotopic (exact) mass is 176 g/mol. The largest absolute Gasteiger partial charge is 0.245 e. The molecule has 3 heteroatoms. The predicted octanol–water partition coefficient (Wildman–Crippen LogP) is 2.13. The molecule has 0 spiro atoms. The number of hydrogen-bond donors (Lipinski definition) is 0. The molecular formula is C9H8N2S. The van der Waals surface area contributed by atoms with E-state index >= 15 is 0 Å². The Bertz CT molecular complexity index is 329. The summed E-state index contributed by atoms with van der Waals surface area (Å²) in [6.07, 6.45) is 6.20. The van der Waals surface area contributed by atoms with Gasteiger partial charge in [0.2, 0.25) is 0 Å². The second kappa shape index (κ2) is 3.45. The molecular weight excluding hydrogens is 168 g/mol. The van der Waals surface area contributed by atoms with Crippen LogP contribution < -0.4 is 0 Å². The average molecular weight is 176 g/mol. The van der Waals surface area contributed by atoms with Crippen molar-refractivity contribution in [3.63, 3.8) is 0 Å². The zero-order valence-electron chi connectivity index (χ0n) is 6.47. The molecule has 0 aliphatic rings. The van der Waals surface area contributed by atoms with Crippen LogP contribution in [0.5, 0.6) is 0 Å². The summed E-state index contributed by atoms with van der Waals surface area (Å²) in [5.41, 5.74) is 1.17. The van der Waals surface area contributed by atoms with Gasteiger partial charge in [-0.05, 0) is 17.0 Å². The Hall–Kier alpha value is -1.22. The van der Waals surface area contributed by atoms with Gasteiger partial charge in [-0.15, -0.1) is 11.3 Å². The Morgan fingerprint density at radius 1 is 1.25 bits per heavy atom. The molecule has 0 atom stereocenters. The van der Waals surface area contributed by atoms with E-state index in [0.717, 1.165) is 6.42 Å². The lowest BCUT2D eigenvalue weighted by Crippen LogP contribution is -1.86. The summed E-state index contributed by atoms with van der Waals surface area (Å²) in [5.74, 6) is 0. The predicted molar refractivity (Wildman–Crippen MR) is 49.2 cm³/mol. The summed E-state index contributed by atoms with van der Waals surface area (Å²) >= 11 is 1.76. The molecule has 0 amide bonds. The molecule has 0 radical (unpaired) electrons. The quantitative estimate of drug-likeness (QED) is 0.700. The van der Waals surface area contributed by atoms with Crippen LogP contribution in [0.1, 0.15) is 10.4 Å². The molecule has 12 heavy (non-hydrogen) atoms. The van der Waals surface area contributed by atoms with Crippen molar-refractivity contribution in [3.05, 3.63) is 46.7 Å². The molecule has 2 heterocycles. The first-order valence-electron chi connectivity index (χ1n) is 3.71. The number of aromatic nitrogens is 2. The van der Waals surface area contributed by atoms with Gasteiger partial charge in [0.25, 0.3) is 0 Å². The highest BCUT2D eigenvalue weighted by atomic mass is 32.1. The van der Waals surface area contributed by atoms with Gasteiger partial charge in [0.15, 0.2) is 0 Å². The smallest absolute Gasteiger partial charge is 0.115 e. The third-order valence-electron chi connectivity index (χ3n) is 1.57. The highest BCUT2D eigenvalue weighted by Crippen LogP contribution is 2.12. The normalized spacial score (nSPS) is 10.0. The van der Waals surface area contributed by atoms with Gasteiger partial charge in [-0.3, -0.25) is 0 Å². The summed E-state index contributed by atoms with van der Waals surface area (Å²) in [6.45, 7) is 0. The van der Waals surface area contributed by atoms with Crippen LogP contribution in [0.3, 0.4) is 0 Å². The fourth-order valence-electron chi connectivity index (χ4n) is 1.04. The molecule has 0 N–H and O–H groups in total. The van der Waals surface area contributed by atoms with E-state index in [-0.39, 0.29) is 0 Å². The maximum absolute atomic E-state index is 3.96. The molecule has 0 fully saturated rings. The molecule has 0 aliphatic carbocycles. The number of nitrogens with zero attached hydrogens (tertiary/aromatic N) is 2. The van der Waals surface area contributed by atoms with Gasteiger partial charge in [0.05, 0.1) is 0 Å². The van der Waals surface area contributed by atoms with E-state index in [0.29, 0.717) is 0 Å². The molecule has 0 saturated carbocycles. The molecule has 60 valence electrons.